The summed E-state index contributed by atoms with van der Waals surface area (Å²) in [6.45, 7) is 5.42. The second-order valence-corrected chi connectivity index (χ2v) is 5.99. The maximum absolute atomic E-state index is 11.6. The first-order valence-corrected chi connectivity index (χ1v) is 7.58. The number of nitrogen functional groups attached to an aromatic ring is 1. The molecule has 6 heteroatoms. The van der Waals surface area contributed by atoms with E-state index in [2.05, 4.69) is 29.5 Å². The van der Waals surface area contributed by atoms with Gasteiger partial charge in [0, 0.05) is 19.5 Å². The summed E-state index contributed by atoms with van der Waals surface area (Å²) in [5, 5.41) is 6.08. The maximum Gasteiger partial charge on any atom is 0.221 e. The Kier molecular flexibility index (Phi) is 4.79. The molecule has 1 aromatic heterocycles. The number of thiazole rings is 1. The van der Waals surface area contributed by atoms with Crippen LogP contribution in [0.25, 0.3) is 10.2 Å². The number of fused-ring (bicyclic) bond motifs is 1. The summed E-state index contributed by atoms with van der Waals surface area (Å²) in [4.78, 5) is 15.8. The zero-order chi connectivity index (χ0) is 14.5. The number of nitrogens with two attached hydrogens (primary N) is 1. The number of hydrogen-bond acceptors (Lipinski definition) is 5. The topological polar surface area (TPSA) is 80.0 Å². The van der Waals surface area contributed by atoms with Crippen LogP contribution in [-0.4, -0.2) is 24.0 Å². The summed E-state index contributed by atoms with van der Waals surface area (Å²) >= 11 is 1.57. The summed E-state index contributed by atoms with van der Waals surface area (Å²) in [6, 6.07) is 3.92. The van der Waals surface area contributed by atoms with Crippen LogP contribution in [0.2, 0.25) is 0 Å². The molecule has 4 N–H and O–H groups in total. The third kappa shape index (κ3) is 3.60. The molecule has 108 valence electrons. The Morgan fingerprint density at radius 1 is 1.45 bits per heavy atom. The predicted molar refractivity (Wildman–Crippen MR) is 85.0 cm³/mol. The van der Waals surface area contributed by atoms with E-state index in [1.165, 1.54) is 0 Å². The lowest BCUT2D eigenvalue weighted by Gasteiger charge is -2.10. The summed E-state index contributed by atoms with van der Waals surface area (Å²) in [7, 11) is 0. The maximum atomic E-state index is 11.6. The Bertz CT molecular complexity index is 594. The van der Waals surface area contributed by atoms with Gasteiger partial charge in [0.1, 0.15) is 5.52 Å². The molecule has 0 saturated heterocycles. The molecule has 0 bridgehead atoms. The zero-order valence-corrected chi connectivity index (χ0v) is 12.6. The molecule has 0 saturated carbocycles. The van der Waals surface area contributed by atoms with Gasteiger partial charge >= 0.3 is 0 Å². The summed E-state index contributed by atoms with van der Waals surface area (Å²) < 4.78 is 1.07. The first-order chi connectivity index (χ1) is 9.58. The predicted octanol–water partition coefficient (Wildman–Crippen LogP) is 2.45. The van der Waals surface area contributed by atoms with Crippen molar-refractivity contribution in [2.75, 3.05) is 24.1 Å². The molecule has 0 unspecified atom stereocenters. The molecule has 0 atom stereocenters. The number of rotatable bonds is 6. The number of amides is 1. The zero-order valence-electron chi connectivity index (χ0n) is 11.8. The van der Waals surface area contributed by atoms with E-state index in [1.54, 1.807) is 16.8 Å². The van der Waals surface area contributed by atoms with Gasteiger partial charge in [-0.2, -0.15) is 0 Å². The van der Waals surface area contributed by atoms with E-state index in [4.69, 9.17) is 5.73 Å². The number of benzene rings is 1. The van der Waals surface area contributed by atoms with E-state index >= 15 is 0 Å². The van der Waals surface area contributed by atoms with Gasteiger partial charge < -0.3 is 16.4 Å². The van der Waals surface area contributed by atoms with Gasteiger partial charge in [0.2, 0.25) is 5.91 Å². The molecule has 20 heavy (non-hydrogen) atoms. The Hall–Kier alpha value is -1.82. The van der Waals surface area contributed by atoms with Crippen LogP contribution in [0.15, 0.2) is 17.6 Å². The van der Waals surface area contributed by atoms with E-state index in [9.17, 15) is 4.79 Å². The molecular formula is C14H20N4OS. The highest BCUT2D eigenvalue weighted by atomic mass is 32.1. The highest BCUT2D eigenvalue weighted by molar-refractivity contribution is 7.16. The van der Waals surface area contributed by atoms with Gasteiger partial charge in [0.05, 0.1) is 21.6 Å². The van der Waals surface area contributed by atoms with Crippen molar-refractivity contribution < 1.29 is 4.79 Å². The second kappa shape index (κ2) is 6.56. The highest BCUT2D eigenvalue weighted by Gasteiger charge is 2.07. The van der Waals surface area contributed by atoms with Crippen LogP contribution in [0.5, 0.6) is 0 Å². The number of carbonyl (C=O) groups excluding carboxylic acids is 1. The standard InChI is InChI=1S/C14H20N4OS/c1-9(2)7-17-12(19)5-6-16-10-3-4-11-14(13(10)15)18-8-20-11/h3-4,8-9,16H,5-7,15H2,1-2H3,(H,17,19). The van der Waals surface area contributed by atoms with Crippen LogP contribution < -0.4 is 16.4 Å². The van der Waals surface area contributed by atoms with Gasteiger partial charge in [-0.25, -0.2) is 4.98 Å². The van der Waals surface area contributed by atoms with Gasteiger partial charge in [-0.15, -0.1) is 11.3 Å². The first kappa shape index (κ1) is 14.6. The Morgan fingerprint density at radius 3 is 3.00 bits per heavy atom. The van der Waals surface area contributed by atoms with Crippen LogP contribution in [0, 0.1) is 5.92 Å². The molecular weight excluding hydrogens is 272 g/mol. The normalized spacial score (nSPS) is 10.9. The largest absolute Gasteiger partial charge is 0.395 e. The Balaban J connectivity index is 1.86. The summed E-state index contributed by atoms with van der Waals surface area (Å²) in [5.41, 5.74) is 10.1. The van der Waals surface area contributed by atoms with E-state index in [0.717, 1.165) is 15.9 Å². The lowest BCUT2D eigenvalue weighted by atomic mass is 10.2. The molecule has 0 radical (unpaired) electrons. The van der Waals surface area contributed by atoms with Crippen LogP contribution in [0.1, 0.15) is 20.3 Å². The molecule has 0 aliphatic rings. The van der Waals surface area contributed by atoms with E-state index in [-0.39, 0.29) is 5.91 Å². The average molecular weight is 292 g/mol. The molecule has 1 aromatic carbocycles. The van der Waals surface area contributed by atoms with E-state index in [0.29, 0.717) is 31.1 Å². The van der Waals surface area contributed by atoms with Crippen molar-refractivity contribution in [3.05, 3.63) is 17.6 Å². The minimum Gasteiger partial charge on any atom is -0.395 e. The van der Waals surface area contributed by atoms with Crippen molar-refractivity contribution in [2.45, 2.75) is 20.3 Å². The summed E-state index contributed by atoms with van der Waals surface area (Å²) in [6.07, 6.45) is 0.432. The van der Waals surface area contributed by atoms with Crippen molar-refractivity contribution in [3.8, 4) is 0 Å². The van der Waals surface area contributed by atoms with Crippen molar-refractivity contribution in [1.82, 2.24) is 10.3 Å². The smallest absolute Gasteiger partial charge is 0.221 e. The molecule has 2 aromatic rings. The quantitative estimate of drug-likeness (QED) is 0.714. The number of hydrogen-bond donors (Lipinski definition) is 3. The molecule has 5 nitrogen and oxygen atoms in total. The van der Waals surface area contributed by atoms with Crippen LogP contribution in [0.4, 0.5) is 11.4 Å². The second-order valence-electron chi connectivity index (χ2n) is 5.10. The van der Waals surface area contributed by atoms with Gasteiger partial charge in [-0.05, 0) is 18.1 Å². The number of aromatic nitrogens is 1. The monoisotopic (exact) mass is 292 g/mol. The SMILES string of the molecule is CC(C)CNC(=O)CCNc1ccc2scnc2c1N. The fourth-order valence-corrected chi connectivity index (χ4v) is 2.52. The van der Waals surface area contributed by atoms with Crippen molar-refractivity contribution >= 4 is 38.8 Å². The highest BCUT2D eigenvalue weighted by Crippen LogP contribution is 2.29. The first-order valence-electron chi connectivity index (χ1n) is 6.70. The van der Waals surface area contributed by atoms with Crippen LogP contribution in [0.3, 0.4) is 0 Å². The number of carbonyl (C=O) groups is 1. The number of nitrogens with zero attached hydrogens (tertiary/aromatic N) is 1. The van der Waals surface area contributed by atoms with E-state index < -0.39 is 0 Å². The van der Waals surface area contributed by atoms with Crippen molar-refractivity contribution in [2.24, 2.45) is 5.92 Å². The minimum atomic E-state index is 0.0551. The Labute approximate surface area is 122 Å². The lowest BCUT2D eigenvalue weighted by Crippen LogP contribution is -2.28. The fourth-order valence-electron chi connectivity index (χ4n) is 1.82. The van der Waals surface area contributed by atoms with Crippen molar-refractivity contribution in [3.63, 3.8) is 0 Å². The molecule has 2 rings (SSSR count). The Morgan fingerprint density at radius 2 is 2.25 bits per heavy atom. The van der Waals surface area contributed by atoms with Gasteiger partial charge in [0.15, 0.2) is 0 Å². The van der Waals surface area contributed by atoms with Gasteiger partial charge in [-0.1, -0.05) is 13.8 Å². The number of nitrogens with one attached hydrogen (secondary N) is 2. The minimum absolute atomic E-state index is 0.0551. The third-order valence-corrected chi connectivity index (χ3v) is 3.71. The third-order valence-electron chi connectivity index (χ3n) is 2.92. The summed E-state index contributed by atoms with van der Waals surface area (Å²) in [5.74, 6) is 0.522. The lowest BCUT2D eigenvalue weighted by molar-refractivity contribution is -0.120. The molecule has 0 aliphatic heterocycles. The molecule has 0 aliphatic carbocycles. The van der Waals surface area contributed by atoms with Crippen LogP contribution in [-0.2, 0) is 4.79 Å². The van der Waals surface area contributed by atoms with Crippen LogP contribution >= 0.6 is 11.3 Å². The van der Waals surface area contributed by atoms with Crippen molar-refractivity contribution in [1.29, 1.82) is 0 Å². The molecule has 0 fully saturated rings. The molecule has 1 amide bonds. The average Bonchev–Trinajstić information content (AvgIpc) is 2.88. The number of anilines is 2. The van der Waals surface area contributed by atoms with Gasteiger partial charge in [-0.3, -0.25) is 4.79 Å². The molecule has 0 spiro atoms. The van der Waals surface area contributed by atoms with E-state index in [1.807, 2.05) is 12.1 Å². The molecule has 1 heterocycles. The van der Waals surface area contributed by atoms with Gasteiger partial charge in [0.25, 0.3) is 0 Å². The fraction of sp³-hybridized carbons (Fsp3) is 0.429.